The van der Waals surface area contributed by atoms with Gasteiger partial charge < -0.3 is 25.7 Å². The van der Waals surface area contributed by atoms with Crippen LogP contribution < -0.4 is 5.32 Å². The smallest absolute Gasteiger partial charge is 0.249 e. The Morgan fingerprint density at radius 1 is 0.403 bits per heavy atom. The molecule has 0 aromatic rings. The number of amides is 1. The highest BCUT2D eigenvalue weighted by Gasteiger charge is 2.28. The van der Waals surface area contributed by atoms with Gasteiger partial charge in [0.25, 0.3) is 0 Å². The number of aliphatic hydroxyl groups excluding tert-OH is 4. The van der Waals surface area contributed by atoms with E-state index in [-0.39, 0.29) is 0 Å². The molecule has 366 valence electrons. The molecule has 0 radical (unpaired) electrons. The van der Waals surface area contributed by atoms with Crippen LogP contribution in [0, 0.1) is 0 Å². The van der Waals surface area contributed by atoms with Crippen LogP contribution in [0.2, 0.25) is 0 Å². The fourth-order valence-electron chi connectivity index (χ4n) is 8.50. The van der Waals surface area contributed by atoms with Crippen LogP contribution in [-0.2, 0) is 4.79 Å². The monoisotopic (exact) mass is 874 g/mol. The maximum absolute atomic E-state index is 12.6. The Bertz CT molecular complexity index is 981. The van der Waals surface area contributed by atoms with Crippen molar-refractivity contribution in [2.24, 2.45) is 0 Å². The summed E-state index contributed by atoms with van der Waals surface area (Å²) in [7, 11) is 0. The Balaban J connectivity index is 3.60. The molecule has 0 aromatic heterocycles. The molecular weight excluding hydrogens is 767 g/mol. The van der Waals surface area contributed by atoms with Crippen LogP contribution in [0.15, 0.2) is 36.5 Å². The topological polar surface area (TPSA) is 110 Å². The second-order valence-corrected chi connectivity index (χ2v) is 18.9. The van der Waals surface area contributed by atoms with Gasteiger partial charge in [-0.25, -0.2) is 0 Å². The van der Waals surface area contributed by atoms with E-state index < -0.39 is 36.9 Å². The Morgan fingerprint density at radius 3 is 1.06 bits per heavy atom. The van der Waals surface area contributed by atoms with Crippen molar-refractivity contribution in [3.8, 4) is 0 Å². The van der Waals surface area contributed by atoms with Crippen molar-refractivity contribution >= 4 is 5.91 Å². The summed E-state index contributed by atoms with van der Waals surface area (Å²) in [6.07, 6.45) is 62.2. The van der Waals surface area contributed by atoms with Crippen LogP contribution in [0.25, 0.3) is 0 Å². The molecule has 4 atom stereocenters. The minimum Gasteiger partial charge on any atom is -0.394 e. The molecule has 6 nitrogen and oxygen atoms in total. The first-order valence-corrected chi connectivity index (χ1v) is 27.4. The second-order valence-electron chi connectivity index (χ2n) is 18.9. The van der Waals surface area contributed by atoms with Gasteiger partial charge in [0, 0.05) is 0 Å². The molecule has 0 heterocycles. The summed E-state index contributed by atoms with van der Waals surface area (Å²) in [4.78, 5) is 12.6. The lowest BCUT2D eigenvalue weighted by Crippen LogP contribution is -2.53. The number of nitrogens with one attached hydrogen (secondary N) is 1. The Hall–Kier alpha value is -1.47. The van der Waals surface area contributed by atoms with E-state index >= 15 is 0 Å². The minimum atomic E-state index is -1.28. The van der Waals surface area contributed by atoms with E-state index in [1.165, 1.54) is 212 Å². The summed E-state index contributed by atoms with van der Waals surface area (Å²) in [5.41, 5.74) is 0. The van der Waals surface area contributed by atoms with Crippen LogP contribution in [-0.4, -0.2) is 57.3 Å². The van der Waals surface area contributed by atoms with Gasteiger partial charge in [-0.2, -0.15) is 0 Å². The lowest BCUT2D eigenvalue weighted by molar-refractivity contribution is -0.132. The average molecular weight is 874 g/mol. The number of unbranched alkanes of at least 4 members (excludes halogenated alkanes) is 35. The van der Waals surface area contributed by atoms with Crippen LogP contribution >= 0.6 is 0 Å². The lowest BCUT2D eigenvalue weighted by atomic mass is 10.00. The van der Waals surface area contributed by atoms with Gasteiger partial charge in [0.15, 0.2) is 0 Å². The van der Waals surface area contributed by atoms with Gasteiger partial charge in [-0.3, -0.25) is 4.79 Å². The number of carbonyl (C=O) groups is 1. The van der Waals surface area contributed by atoms with E-state index in [9.17, 15) is 25.2 Å². The molecule has 0 aliphatic carbocycles. The van der Waals surface area contributed by atoms with Crippen molar-refractivity contribution in [2.45, 2.75) is 308 Å². The summed E-state index contributed by atoms with van der Waals surface area (Å²) in [6.45, 7) is 4.05. The van der Waals surface area contributed by atoms with Gasteiger partial charge in [-0.15, -0.1) is 0 Å². The summed E-state index contributed by atoms with van der Waals surface area (Å²) in [5, 5.41) is 43.8. The van der Waals surface area contributed by atoms with E-state index in [1.807, 2.05) is 0 Å². The summed E-state index contributed by atoms with van der Waals surface area (Å²) in [5.74, 6) is -0.591. The molecule has 1 amide bonds. The van der Waals surface area contributed by atoms with Gasteiger partial charge in [0.2, 0.25) is 5.91 Å². The molecule has 4 unspecified atom stereocenters. The van der Waals surface area contributed by atoms with Crippen molar-refractivity contribution < 1.29 is 25.2 Å². The molecular formula is C56H107NO5. The van der Waals surface area contributed by atoms with E-state index in [0.717, 1.165) is 44.9 Å². The van der Waals surface area contributed by atoms with Crippen LogP contribution in [0.4, 0.5) is 0 Å². The number of rotatable bonds is 50. The number of carbonyl (C=O) groups excluding carboxylic acids is 1. The first-order chi connectivity index (χ1) is 30.5. The summed E-state index contributed by atoms with van der Waals surface area (Å²) in [6, 6.07) is -1.00. The highest BCUT2D eigenvalue weighted by atomic mass is 16.3. The fraction of sp³-hybridized carbons (Fsp3) is 0.875. The average Bonchev–Trinajstić information content (AvgIpc) is 3.28. The number of aliphatic hydroxyl groups is 4. The maximum Gasteiger partial charge on any atom is 0.249 e. The van der Waals surface area contributed by atoms with Gasteiger partial charge in [0.05, 0.1) is 18.8 Å². The molecule has 6 heteroatoms. The van der Waals surface area contributed by atoms with Gasteiger partial charge in [-0.05, 0) is 70.6 Å². The second kappa shape index (κ2) is 50.5. The van der Waals surface area contributed by atoms with E-state index in [4.69, 9.17) is 0 Å². The zero-order valence-electron chi connectivity index (χ0n) is 41.4. The van der Waals surface area contributed by atoms with Crippen molar-refractivity contribution in [3.63, 3.8) is 0 Å². The highest BCUT2D eigenvalue weighted by Crippen LogP contribution is 2.17. The fourth-order valence-corrected chi connectivity index (χ4v) is 8.50. The molecule has 5 N–H and O–H groups in total. The summed E-state index contributed by atoms with van der Waals surface area (Å²) < 4.78 is 0. The third-order valence-electron chi connectivity index (χ3n) is 12.8. The molecule has 0 saturated carbocycles. The molecule has 0 aliphatic rings. The third-order valence-corrected chi connectivity index (χ3v) is 12.8. The predicted octanol–water partition coefficient (Wildman–Crippen LogP) is 15.6. The van der Waals surface area contributed by atoms with Crippen molar-refractivity contribution in [3.05, 3.63) is 36.5 Å². The predicted molar refractivity (Wildman–Crippen MR) is 270 cm³/mol. The first-order valence-electron chi connectivity index (χ1n) is 27.4. The van der Waals surface area contributed by atoms with Gasteiger partial charge >= 0.3 is 0 Å². The Labute approximate surface area is 386 Å². The molecule has 0 fully saturated rings. The maximum atomic E-state index is 12.6. The van der Waals surface area contributed by atoms with Crippen molar-refractivity contribution in [2.75, 3.05) is 6.61 Å². The Morgan fingerprint density at radius 2 is 0.710 bits per heavy atom. The number of allylic oxidation sites excluding steroid dienone is 6. The highest BCUT2D eigenvalue weighted by molar-refractivity contribution is 5.80. The summed E-state index contributed by atoms with van der Waals surface area (Å²) >= 11 is 0. The van der Waals surface area contributed by atoms with Crippen molar-refractivity contribution in [1.29, 1.82) is 0 Å². The minimum absolute atomic E-state index is 0.364. The molecule has 0 aromatic carbocycles. The van der Waals surface area contributed by atoms with Gasteiger partial charge in [-0.1, -0.05) is 249 Å². The zero-order valence-corrected chi connectivity index (χ0v) is 41.4. The first kappa shape index (κ1) is 60.5. The molecule has 62 heavy (non-hydrogen) atoms. The molecule has 0 rings (SSSR count). The molecule has 0 spiro atoms. The van der Waals surface area contributed by atoms with Gasteiger partial charge in [0.1, 0.15) is 12.2 Å². The normalized spacial score (nSPS) is 14.1. The van der Waals surface area contributed by atoms with E-state index in [0.29, 0.717) is 12.8 Å². The molecule has 0 saturated heterocycles. The molecule has 0 aliphatic heterocycles. The Kier molecular flexibility index (Phi) is 49.3. The van der Waals surface area contributed by atoms with Crippen molar-refractivity contribution in [1.82, 2.24) is 5.32 Å². The number of hydrogen-bond acceptors (Lipinski definition) is 5. The van der Waals surface area contributed by atoms with Crippen LogP contribution in [0.3, 0.4) is 0 Å². The molecule has 0 bridgehead atoms. The zero-order chi connectivity index (χ0) is 45.2. The SMILES string of the molecule is CCCCCCCCCCC/C=C\C/C=C\CCCCCCCCCCCCCCCCCCC(O)C(=O)NC(CO)C(O)C(O)CCC/C=C/CCCCCCCCCCC. The lowest BCUT2D eigenvalue weighted by Gasteiger charge is -2.27. The quantitative estimate of drug-likeness (QED) is 0.0309. The van der Waals surface area contributed by atoms with E-state index in [1.54, 1.807) is 0 Å². The largest absolute Gasteiger partial charge is 0.394 e. The van der Waals surface area contributed by atoms with Crippen LogP contribution in [0.1, 0.15) is 284 Å². The standard InChI is InChI=1S/C56H107NO5/c1-3-5-7-9-11-13-15-17-19-20-21-22-23-24-25-26-27-28-29-30-31-32-33-34-35-36-38-40-42-44-46-48-50-54(60)56(62)57-52(51-58)55(61)53(59)49-47-45-43-41-39-37-18-16-14-12-10-8-6-4-2/h21-22,24-25,41,43,52-55,58-61H,3-20,23,26-40,42,44-51H2,1-2H3,(H,57,62)/b22-21-,25-24-,43-41+. The third kappa shape index (κ3) is 43.8. The number of hydrogen-bond donors (Lipinski definition) is 5. The van der Waals surface area contributed by atoms with E-state index in [2.05, 4.69) is 55.6 Å². The van der Waals surface area contributed by atoms with Crippen LogP contribution in [0.5, 0.6) is 0 Å².